The monoisotopic (exact) mass is 212 g/mol. The van der Waals surface area contributed by atoms with Crippen LogP contribution in [0.1, 0.15) is 25.4 Å². The van der Waals surface area contributed by atoms with Crippen LogP contribution in [0.4, 0.5) is 0 Å². The molecule has 0 aliphatic rings. The Bertz CT molecular complexity index is 339. The van der Waals surface area contributed by atoms with Crippen LogP contribution in [0.25, 0.3) is 5.76 Å². The third-order valence-electron chi connectivity index (χ3n) is 1.66. The molecule has 0 unspecified atom stereocenters. The van der Waals surface area contributed by atoms with E-state index in [1.165, 1.54) is 0 Å². The van der Waals surface area contributed by atoms with Crippen LogP contribution in [0.2, 0.25) is 5.15 Å². The molecule has 0 aliphatic heterocycles. The molecule has 0 fully saturated rings. The van der Waals surface area contributed by atoms with Crippen LogP contribution >= 0.6 is 11.6 Å². The minimum atomic E-state index is 0.424. The van der Waals surface area contributed by atoms with Crippen LogP contribution in [0.5, 0.6) is 0 Å². The SMILES string of the molecule is C=C(OCC)c1cc(Cl)nc(CC)n1. The van der Waals surface area contributed by atoms with Gasteiger partial charge in [0, 0.05) is 12.5 Å². The molecule has 0 atom stereocenters. The number of hydrogen-bond donors (Lipinski definition) is 0. The minimum absolute atomic E-state index is 0.424. The lowest BCUT2D eigenvalue weighted by atomic mass is 10.3. The van der Waals surface area contributed by atoms with Gasteiger partial charge >= 0.3 is 0 Å². The molecule has 0 spiro atoms. The van der Waals surface area contributed by atoms with Gasteiger partial charge in [-0.3, -0.25) is 0 Å². The van der Waals surface area contributed by atoms with Gasteiger partial charge in [-0.25, -0.2) is 9.97 Å². The smallest absolute Gasteiger partial charge is 0.137 e. The van der Waals surface area contributed by atoms with Crippen LogP contribution in [0, 0.1) is 0 Å². The first kappa shape index (κ1) is 11.0. The van der Waals surface area contributed by atoms with Crippen molar-refractivity contribution in [2.45, 2.75) is 20.3 Å². The van der Waals surface area contributed by atoms with Crippen molar-refractivity contribution in [1.82, 2.24) is 9.97 Å². The zero-order valence-corrected chi connectivity index (χ0v) is 9.14. The number of rotatable bonds is 4. The number of hydrogen-bond acceptors (Lipinski definition) is 3. The van der Waals surface area contributed by atoms with Crippen molar-refractivity contribution < 1.29 is 4.74 Å². The van der Waals surface area contributed by atoms with E-state index in [2.05, 4.69) is 16.5 Å². The van der Waals surface area contributed by atoms with Gasteiger partial charge < -0.3 is 4.74 Å². The van der Waals surface area contributed by atoms with Crippen molar-refractivity contribution in [3.63, 3.8) is 0 Å². The molecule has 0 bridgehead atoms. The molecule has 1 heterocycles. The van der Waals surface area contributed by atoms with Gasteiger partial charge in [0.25, 0.3) is 0 Å². The largest absolute Gasteiger partial charge is 0.492 e. The Morgan fingerprint density at radius 3 is 2.79 bits per heavy atom. The third kappa shape index (κ3) is 2.70. The maximum atomic E-state index is 5.83. The van der Waals surface area contributed by atoms with E-state index in [0.717, 1.165) is 6.42 Å². The van der Waals surface area contributed by atoms with Gasteiger partial charge in [0.15, 0.2) is 0 Å². The summed E-state index contributed by atoms with van der Waals surface area (Å²) in [5.74, 6) is 1.24. The van der Waals surface area contributed by atoms with Gasteiger partial charge in [0.2, 0.25) is 0 Å². The molecule has 1 aromatic rings. The first-order chi connectivity index (χ1) is 6.67. The molecule has 4 heteroatoms. The second-order valence-corrected chi connectivity index (χ2v) is 3.09. The molecule has 0 aliphatic carbocycles. The summed E-state index contributed by atoms with van der Waals surface area (Å²) < 4.78 is 5.24. The summed E-state index contributed by atoms with van der Waals surface area (Å²) in [5.41, 5.74) is 0.656. The molecular formula is C10H13ClN2O. The van der Waals surface area contributed by atoms with Crippen LogP contribution in [-0.2, 0) is 11.2 Å². The molecule has 1 rings (SSSR count). The van der Waals surface area contributed by atoms with Gasteiger partial charge in [-0.1, -0.05) is 25.1 Å². The highest BCUT2D eigenvalue weighted by molar-refractivity contribution is 6.29. The van der Waals surface area contributed by atoms with Crippen molar-refractivity contribution in [3.8, 4) is 0 Å². The van der Waals surface area contributed by atoms with E-state index in [-0.39, 0.29) is 0 Å². The lowest BCUT2D eigenvalue weighted by molar-refractivity contribution is 0.297. The van der Waals surface area contributed by atoms with Gasteiger partial charge in [0.05, 0.1) is 6.61 Å². The van der Waals surface area contributed by atoms with Crippen LogP contribution < -0.4 is 0 Å². The number of ether oxygens (including phenoxy) is 1. The molecule has 0 amide bonds. The lowest BCUT2D eigenvalue weighted by Gasteiger charge is -2.07. The Hall–Kier alpha value is -1.09. The van der Waals surface area contributed by atoms with E-state index in [9.17, 15) is 0 Å². The minimum Gasteiger partial charge on any atom is -0.492 e. The fourth-order valence-electron chi connectivity index (χ4n) is 1.01. The van der Waals surface area contributed by atoms with Gasteiger partial charge in [0.1, 0.15) is 22.4 Å². The maximum Gasteiger partial charge on any atom is 0.137 e. The van der Waals surface area contributed by atoms with E-state index in [1.54, 1.807) is 6.07 Å². The number of aryl methyl sites for hydroxylation is 1. The highest BCUT2D eigenvalue weighted by Gasteiger charge is 2.05. The Morgan fingerprint density at radius 2 is 2.21 bits per heavy atom. The zero-order chi connectivity index (χ0) is 10.6. The Morgan fingerprint density at radius 1 is 1.50 bits per heavy atom. The summed E-state index contributed by atoms with van der Waals surface area (Å²) in [6.07, 6.45) is 0.743. The van der Waals surface area contributed by atoms with Crippen LogP contribution in [0.3, 0.4) is 0 Å². The second kappa shape index (κ2) is 4.96. The Balaban J connectivity index is 2.96. The Kier molecular flexibility index (Phi) is 3.89. The van der Waals surface area contributed by atoms with Crippen molar-refractivity contribution in [1.29, 1.82) is 0 Å². The van der Waals surface area contributed by atoms with Crippen molar-refractivity contribution in [2.75, 3.05) is 6.61 Å². The predicted octanol–water partition coefficient (Wildman–Crippen LogP) is 2.70. The average Bonchev–Trinajstić information content (AvgIpc) is 2.17. The summed E-state index contributed by atoms with van der Waals surface area (Å²) in [4.78, 5) is 8.30. The molecule has 0 N–H and O–H groups in total. The standard InChI is InChI=1S/C10H13ClN2O/c1-4-10-12-8(6-9(11)13-10)7(3)14-5-2/h6H,3-5H2,1-2H3. The molecule has 0 saturated carbocycles. The van der Waals surface area contributed by atoms with Gasteiger partial charge in [-0.15, -0.1) is 0 Å². The normalized spacial score (nSPS) is 9.93. The summed E-state index contributed by atoms with van der Waals surface area (Å²) in [6.45, 7) is 8.20. The summed E-state index contributed by atoms with van der Waals surface area (Å²) in [5, 5.41) is 0.424. The average molecular weight is 213 g/mol. The molecular weight excluding hydrogens is 200 g/mol. The number of aromatic nitrogens is 2. The molecule has 0 saturated heterocycles. The topological polar surface area (TPSA) is 35.0 Å². The first-order valence-electron chi connectivity index (χ1n) is 4.52. The van der Waals surface area contributed by atoms with Crippen molar-refractivity contribution in [3.05, 3.63) is 29.3 Å². The van der Waals surface area contributed by atoms with E-state index in [0.29, 0.717) is 29.0 Å². The predicted molar refractivity (Wildman–Crippen MR) is 57.1 cm³/mol. The van der Waals surface area contributed by atoms with Crippen molar-refractivity contribution in [2.24, 2.45) is 0 Å². The maximum absolute atomic E-state index is 5.83. The highest BCUT2D eigenvalue weighted by Crippen LogP contribution is 2.15. The van der Waals surface area contributed by atoms with Gasteiger partial charge in [-0.05, 0) is 6.92 Å². The first-order valence-corrected chi connectivity index (χ1v) is 4.90. The fraction of sp³-hybridized carbons (Fsp3) is 0.400. The van der Waals surface area contributed by atoms with Crippen LogP contribution in [0.15, 0.2) is 12.6 Å². The number of halogens is 1. The van der Waals surface area contributed by atoms with E-state index < -0.39 is 0 Å². The highest BCUT2D eigenvalue weighted by atomic mass is 35.5. The summed E-state index contributed by atoms with van der Waals surface area (Å²) in [6, 6.07) is 1.65. The van der Waals surface area contributed by atoms with E-state index in [4.69, 9.17) is 16.3 Å². The Labute approximate surface area is 88.8 Å². The summed E-state index contributed by atoms with van der Waals surface area (Å²) in [7, 11) is 0. The van der Waals surface area contributed by atoms with Crippen LogP contribution in [-0.4, -0.2) is 16.6 Å². The lowest BCUT2D eigenvalue weighted by Crippen LogP contribution is -1.99. The van der Waals surface area contributed by atoms with E-state index >= 15 is 0 Å². The molecule has 0 aromatic carbocycles. The molecule has 1 aromatic heterocycles. The number of nitrogens with zero attached hydrogens (tertiary/aromatic N) is 2. The fourth-order valence-corrected chi connectivity index (χ4v) is 1.21. The zero-order valence-electron chi connectivity index (χ0n) is 8.38. The molecule has 76 valence electrons. The molecule has 14 heavy (non-hydrogen) atoms. The quantitative estimate of drug-likeness (QED) is 0.569. The van der Waals surface area contributed by atoms with Crippen molar-refractivity contribution >= 4 is 17.4 Å². The second-order valence-electron chi connectivity index (χ2n) is 2.70. The molecule has 3 nitrogen and oxygen atoms in total. The summed E-state index contributed by atoms with van der Waals surface area (Å²) >= 11 is 5.83. The van der Waals surface area contributed by atoms with E-state index in [1.807, 2.05) is 13.8 Å². The molecule has 0 radical (unpaired) electrons. The third-order valence-corrected chi connectivity index (χ3v) is 1.86. The van der Waals surface area contributed by atoms with Gasteiger partial charge in [-0.2, -0.15) is 0 Å².